The third-order valence-corrected chi connectivity index (χ3v) is 3.85. The van der Waals surface area contributed by atoms with Crippen LogP contribution in [0.1, 0.15) is 5.56 Å². The van der Waals surface area contributed by atoms with Crippen LogP contribution >= 0.6 is 0 Å². The lowest BCUT2D eigenvalue weighted by Crippen LogP contribution is -2.10. The predicted molar refractivity (Wildman–Crippen MR) is 71.9 cm³/mol. The lowest BCUT2D eigenvalue weighted by atomic mass is 10.2. The predicted octanol–water partition coefficient (Wildman–Crippen LogP) is 2.91. The van der Waals surface area contributed by atoms with Crippen molar-refractivity contribution < 1.29 is 21.7 Å². The van der Waals surface area contributed by atoms with E-state index in [1.807, 2.05) is 13.0 Å². The summed E-state index contributed by atoms with van der Waals surface area (Å²) in [6.07, 6.45) is 0. The fourth-order valence-corrected chi connectivity index (χ4v) is 2.58. The molecule has 0 bridgehead atoms. The minimum Gasteiger partial charge on any atom is -0.494 e. The molecule has 106 valence electrons. The van der Waals surface area contributed by atoms with Gasteiger partial charge in [0, 0.05) is 0 Å². The van der Waals surface area contributed by atoms with E-state index in [9.17, 15) is 12.8 Å². The van der Waals surface area contributed by atoms with Crippen molar-refractivity contribution in [3.63, 3.8) is 0 Å². The fraction of sp³-hybridized carbons (Fsp3) is 0.143. The molecule has 2 aromatic rings. The van der Waals surface area contributed by atoms with Crippen molar-refractivity contribution in [1.29, 1.82) is 0 Å². The first-order chi connectivity index (χ1) is 9.42. The second kappa shape index (κ2) is 5.50. The normalized spacial score (nSPS) is 11.2. The second-order valence-electron chi connectivity index (χ2n) is 4.15. The average molecular weight is 296 g/mol. The molecule has 2 rings (SSSR count). The molecular formula is C14H13FO4S. The quantitative estimate of drug-likeness (QED) is 0.814. The monoisotopic (exact) mass is 296 g/mol. The van der Waals surface area contributed by atoms with Crippen LogP contribution in [0.15, 0.2) is 47.4 Å². The van der Waals surface area contributed by atoms with Gasteiger partial charge in [0.2, 0.25) is 0 Å². The lowest BCUT2D eigenvalue weighted by molar-refractivity contribution is 0.385. The summed E-state index contributed by atoms with van der Waals surface area (Å²) in [6.45, 7) is 1.81. The maximum atomic E-state index is 13.5. The van der Waals surface area contributed by atoms with E-state index < -0.39 is 15.9 Å². The van der Waals surface area contributed by atoms with Gasteiger partial charge in [-0.15, -0.1) is 0 Å². The third kappa shape index (κ3) is 3.08. The van der Waals surface area contributed by atoms with Gasteiger partial charge in [0.1, 0.15) is 10.6 Å². The van der Waals surface area contributed by atoms with Crippen molar-refractivity contribution in [3.8, 4) is 11.5 Å². The number of halogens is 1. The Bertz CT molecular complexity index is 726. The second-order valence-corrected chi connectivity index (χ2v) is 5.70. The molecule has 0 N–H and O–H groups in total. The van der Waals surface area contributed by atoms with E-state index in [1.165, 1.54) is 25.3 Å². The Labute approximate surface area is 116 Å². The number of hydrogen-bond donors (Lipinski definition) is 0. The van der Waals surface area contributed by atoms with Gasteiger partial charge in [-0.3, -0.25) is 0 Å². The van der Waals surface area contributed by atoms with Gasteiger partial charge in [0.25, 0.3) is 0 Å². The molecule has 0 heterocycles. The molecule has 0 aliphatic carbocycles. The molecule has 0 aromatic heterocycles. The zero-order valence-electron chi connectivity index (χ0n) is 11.0. The average Bonchev–Trinajstić information content (AvgIpc) is 2.38. The van der Waals surface area contributed by atoms with Crippen molar-refractivity contribution in [2.24, 2.45) is 0 Å². The van der Waals surface area contributed by atoms with Gasteiger partial charge in [-0.2, -0.15) is 8.42 Å². The van der Waals surface area contributed by atoms with Crippen LogP contribution in [0, 0.1) is 12.7 Å². The summed E-state index contributed by atoms with van der Waals surface area (Å²) in [4.78, 5) is -0.266. The van der Waals surface area contributed by atoms with Crippen LogP contribution in [0.25, 0.3) is 0 Å². The molecule has 0 saturated carbocycles. The van der Waals surface area contributed by atoms with Crippen LogP contribution in [-0.2, 0) is 10.1 Å². The smallest absolute Gasteiger partial charge is 0.339 e. The first kappa shape index (κ1) is 14.3. The van der Waals surface area contributed by atoms with Crippen molar-refractivity contribution in [1.82, 2.24) is 0 Å². The van der Waals surface area contributed by atoms with Crippen molar-refractivity contribution in [3.05, 3.63) is 53.8 Å². The summed E-state index contributed by atoms with van der Waals surface area (Å²) in [5, 5.41) is 0. The zero-order chi connectivity index (χ0) is 14.8. The Hall–Kier alpha value is -2.08. The molecule has 0 spiro atoms. The summed E-state index contributed by atoms with van der Waals surface area (Å²) in [6, 6.07) is 9.92. The molecule has 0 atom stereocenters. The van der Waals surface area contributed by atoms with E-state index in [-0.39, 0.29) is 16.4 Å². The molecule has 0 amide bonds. The van der Waals surface area contributed by atoms with Gasteiger partial charge in [0.15, 0.2) is 11.6 Å². The minimum absolute atomic E-state index is 0.0282. The standard InChI is InChI=1S/C14H13FO4S/c1-10-4-3-5-11(8-10)19-20(16,17)12-6-7-14(18-2)13(15)9-12/h3-9H,1-2H3. The molecule has 0 radical (unpaired) electrons. The van der Waals surface area contributed by atoms with Crippen molar-refractivity contribution in [2.45, 2.75) is 11.8 Å². The van der Waals surface area contributed by atoms with E-state index >= 15 is 0 Å². The van der Waals surface area contributed by atoms with E-state index in [0.29, 0.717) is 0 Å². The SMILES string of the molecule is COc1ccc(S(=O)(=O)Oc2cccc(C)c2)cc1F. The summed E-state index contributed by atoms with van der Waals surface area (Å²) in [5.74, 6) is -0.609. The zero-order valence-corrected chi connectivity index (χ0v) is 11.8. The van der Waals surface area contributed by atoms with Gasteiger partial charge < -0.3 is 8.92 Å². The van der Waals surface area contributed by atoms with Gasteiger partial charge in [-0.05, 0) is 42.8 Å². The molecule has 4 nitrogen and oxygen atoms in total. The number of benzene rings is 2. The maximum Gasteiger partial charge on any atom is 0.339 e. The molecule has 0 saturated heterocycles. The summed E-state index contributed by atoms with van der Waals surface area (Å²) in [5.41, 5.74) is 0.860. The number of hydrogen-bond acceptors (Lipinski definition) is 4. The fourth-order valence-electron chi connectivity index (χ4n) is 1.64. The van der Waals surface area contributed by atoms with Crippen LogP contribution < -0.4 is 8.92 Å². The number of aryl methyl sites for hydroxylation is 1. The van der Waals surface area contributed by atoms with Crippen LogP contribution in [0.5, 0.6) is 11.5 Å². The molecule has 2 aromatic carbocycles. The molecule has 6 heteroatoms. The highest BCUT2D eigenvalue weighted by Crippen LogP contribution is 2.24. The van der Waals surface area contributed by atoms with E-state index in [1.54, 1.807) is 12.1 Å². The minimum atomic E-state index is -4.07. The van der Waals surface area contributed by atoms with Crippen LogP contribution in [0.2, 0.25) is 0 Å². The summed E-state index contributed by atoms with van der Waals surface area (Å²) >= 11 is 0. The highest BCUT2D eigenvalue weighted by Gasteiger charge is 2.19. The lowest BCUT2D eigenvalue weighted by Gasteiger charge is -2.08. The van der Waals surface area contributed by atoms with Gasteiger partial charge in [-0.25, -0.2) is 4.39 Å². The van der Waals surface area contributed by atoms with Crippen LogP contribution in [-0.4, -0.2) is 15.5 Å². The number of rotatable bonds is 4. The largest absolute Gasteiger partial charge is 0.494 e. The molecule has 0 aliphatic heterocycles. The first-order valence-electron chi connectivity index (χ1n) is 5.77. The van der Waals surface area contributed by atoms with Crippen molar-refractivity contribution in [2.75, 3.05) is 7.11 Å². The highest BCUT2D eigenvalue weighted by molar-refractivity contribution is 7.87. The summed E-state index contributed by atoms with van der Waals surface area (Å²) < 4.78 is 47.3. The molecule has 20 heavy (non-hydrogen) atoms. The van der Waals surface area contributed by atoms with Gasteiger partial charge >= 0.3 is 10.1 Å². The third-order valence-electron chi connectivity index (χ3n) is 2.61. The topological polar surface area (TPSA) is 52.6 Å². The van der Waals surface area contributed by atoms with E-state index in [0.717, 1.165) is 11.6 Å². The summed E-state index contributed by atoms with van der Waals surface area (Å²) in [7, 11) is -2.77. The number of ether oxygens (including phenoxy) is 1. The Balaban J connectivity index is 2.33. The number of methoxy groups -OCH3 is 1. The van der Waals surface area contributed by atoms with Crippen LogP contribution in [0.3, 0.4) is 0 Å². The molecular weight excluding hydrogens is 283 g/mol. The van der Waals surface area contributed by atoms with E-state index in [2.05, 4.69) is 0 Å². The van der Waals surface area contributed by atoms with Crippen LogP contribution in [0.4, 0.5) is 4.39 Å². The Kier molecular flexibility index (Phi) is 3.94. The maximum absolute atomic E-state index is 13.5. The first-order valence-corrected chi connectivity index (χ1v) is 7.18. The molecule has 0 fully saturated rings. The Morgan fingerprint density at radius 3 is 2.45 bits per heavy atom. The van der Waals surface area contributed by atoms with Gasteiger partial charge in [0.05, 0.1) is 7.11 Å². The van der Waals surface area contributed by atoms with Gasteiger partial charge in [-0.1, -0.05) is 12.1 Å². The highest BCUT2D eigenvalue weighted by atomic mass is 32.2. The molecule has 0 unspecified atom stereocenters. The molecule has 0 aliphatic rings. The Morgan fingerprint density at radius 2 is 1.85 bits per heavy atom. The van der Waals surface area contributed by atoms with Crippen molar-refractivity contribution >= 4 is 10.1 Å². The van der Waals surface area contributed by atoms with E-state index in [4.69, 9.17) is 8.92 Å². The Morgan fingerprint density at radius 1 is 1.10 bits per heavy atom.